The monoisotopic (exact) mass is 296 g/mol. The second kappa shape index (κ2) is 6.31. The van der Waals surface area contributed by atoms with Gasteiger partial charge in [0, 0.05) is 24.1 Å². The third kappa shape index (κ3) is 2.93. The fraction of sp³-hybridized carbons (Fsp3) is 0.600. The molecule has 1 saturated heterocycles. The molecule has 2 aliphatic rings. The first-order chi connectivity index (χ1) is 9.78. The second-order valence-electron chi connectivity index (χ2n) is 5.61. The van der Waals surface area contributed by atoms with Crippen LogP contribution in [0.5, 0.6) is 5.75 Å². The molecule has 2 unspecified atom stereocenters. The zero-order chi connectivity index (χ0) is 13.9. The molecule has 2 aliphatic heterocycles. The number of hydrogen-bond acceptors (Lipinski definition) is 4. The van der Waals surface area contributed by atoms with E-state index >= 15 is 0 Å². The van der Waals surface area contributed by atoms with Crippen molar-refractivity contribution in [1.29, 1.82) is 0 Å². The summed E-state index contributed by atoms with van der Waals surface area (Å²) < 4.78 is 11.3. The minimum Gasteiger partial charge on any atom is -0.493 e. The van der Waals surface area contributed by atoms with Crippen molar-refractivity contribution >= 4 is 11.6 Å². The van der Waals surface area contributed by atoms with Crippen LogP contribution in [0, 0.1) is 5.92 Å². The number of fused-ring (bicyclic) bond motifs is 1. The summed E-state index contributed by atoms with van der Waals surface area (Å²) in [5.41, 5.74) is 5.31. The van der Waals surface area contributed by atoms with Gasteiger partial charge in [-0.25, -0.2) is 0 Å². The molecule has 0 aromatic heterocycles. The van der Waals surface area contributed by atoms with E-state index in [0.717, 1.165) is 61.8 Å². The van der Waals surface area contributed by atoms with Crippen molar-refractivity contribution in [3.8, 4) is 5.75 Å². The highest BCUT2D eigenvalue weighted by Crippen LogP contribution is 2.34. The lowest BCUT2D eigenvalue weighted by Crippen LogP contribution is -2.45. The van der Waals surface area contributed by atoms with Crippen LogP contribution in [0.2, 0.25) is 5.02 Å². The lowest BCUT2D eigenvalue weighted by Gasteiger charge is -2.30. The SMILES string of the molecule is NNC(Cc1cc(Cl)cc2c1OCC2)C1CCCOC1. The van der Waals surface area contributed by atoms with Crippen molar-refractivity contribution in [3.63, 3.8) is 0 Å². The maximum Gasteiger partial charge on any atom is 0.125 e. The normalized spacial score (nSPS) is 23.2. The van der Waals surface area contributed by atoms with Gasteiger partial charge in [-0.05, 0) is 48.4 Å². The molecule has 2 heterocycles. The van der Waals surface area contributed by atoms with Crippen LogP contribution < -0.4 is 16.0 Å². The van der Waals surface area contributed by atoms with Crippen LogP contribution in [-0.2, 0) is 17.6 Å². The molecule has 0 aliphatic carbocycles. The molecule has 3 N–H and O–H groups in total. The topological polar surface area (TPSA) is 56.5 Å². The van der Waals surface area contributed by atoms with Crippen molar-refractivity contribution in [2.24, 2.45) is 11.8 Å². The Morgan fingerprint density at radius 3 is 3.05 bits per heavy atom. The van der Waals surface area contributed by atoms with Gasteiger partial charge in [0.05, 0.1) is 13.2 Å². The van der Waals surface area contributed by atoms with E-state index in [1.54, 1.807) is 0 Å². The van der Waals surface area contributed by atoms with Crippen LogP contribution in [0.3, 0.4) is 0 Å². The predicted octanol–water partition coefficient (Wildman–Crippen LogP) is 2.08. The maximum atomic E-state index is 6.21. The summed E-state index contributed by atoms with van der Waals surface area (Å²) in [6, 6.07) is 4.20. The van der Waals surface area contributed by atoms with E-state index in [2.05, 4.69) is 5.43 Å². The molecule has 0 amide bonds. The minimum atomic E-state index is 0.196. The number of halogens is 1. The third-order valence-electron chi connectivity index (χ3n) is 4.24. The van der Waals surface area contributed by atoms with Crippen LogP contribution in [0.1, 0.15) is 24.0 Å². The fourth-order valence-electron chi connectivity index (χ4n) is 3.18. The highest BCUT2D eigenvalue weighted by atomic mass is 35.5. The van der Waals surface area contributed by atoms with Crippen molar-refractivity contribution in [2.45, 2.75) is 31.7 Å². The molecule has 0 spiro atoms. The predicted molar refractivity (Wildman–Crippen MR) is 79.0 cm³/mol. The van der Waals surface area contributed by atoms with Crippen LogP contribution in [0.15, 0.2) is 12.1 Å². The molecule has 1 fully saturated rings. The Kier molecular flexibility index (Phi) is 4.46. The zero-order valence-electron chi connectivity index (χ0n) is 11.5. The Morgan fingerprint density at radius 2 is 2.30 bits per heavy atom. The summed E-state index contributed by atoms with van der Waals surface area (Å²) in [6.45, 7) is 2.39. The number of benzene rings is 1. The highest BCUT2D eigenvalue weighted by Gasteiger charge is 2.26. The summed E-state index contributed by atoms with van der Waals surface area (Å²) in [7, 11) is 0. The van der Waals surface area contributed by atoms with Gasteiger partial charge in [-0.3, -0.25) is 11.3 Å². The van der Waals surface area contributed by atoms with Crippen LogP contribution in [-0.4, -0.2) is 25.9 Å². The maximum absolute atomic E-state index is 6.21. The number of rotatable bonds is 4. The number of nitrogens with two attached hydrogens (primary N) is 1. The van der Waals surface area contributed by atoms with Gasteiger partial charge in [0.1, 0.15) is 5.75 Å². The first kappa shape index (κ1) is 14.1. The van der Waals surface area contributed by atoms with Crippen LogP contribution in [0.25, 0.3) is 0 Å². The lowest BCUT2D eigenvalue weighted by molar-refractivity contribution is 0.0392. The van der Waals surface area contributed by atoms with E-state index in [0.29, 0.717) is 5.92 Å². The summed E-state index contributed by atoms with van der Waals surface area (Å²) >= 11 is 6.21. The van der Waals surface area contributed by atoms with E-state index in [4.69, 9.17) is 26.9 Å². The Labute approximate surface area is 124 Å². The van der Waals surface area contributed by atoms with Crippen molar-refractivity contribution in [1.82, 2.24) is 5.43 Å². The summed E-state index contributed by atoms with van der Waals surface area (Å²) in [6.07, 6.45) is 4.02. The van der Waals surface area contributed by atoms with Crippen molar-refractivity contribution < 1.29 is 9.47 Å². The van der Waals surface area contributed by atoms with E-state index in [9.17, 15) is 0 Å². The molecule has 1 aromatic carbocycles. The lowest BCUT2D eigenvalue weighted by atomic mass is 9.89. The number of nitrogens with one attached hydrogen (secondary N) is 1. The second-order valence-corrected chi connectivity index (χ2v) is 6.04. The molecular formula is C15H21ClN2O2. The van der Waals surface area contributed by atoms with Gasteiger partial charge in [0.2, 0.25) is 0 Å². The molecule has 2 atom stereocenters. The van der Waals surface area contributed by atoms with Crippen LogP contribution in [0.4, 0.5) is 0 Å². The molecular weight excluding hydrogens is 276 g/mol. The largest absolute Gasteiger partial charge is 0.493 e. The summed E-state index contributed by atoms with van der Waals surface area (Å²) in [5, 5.41) is 0.778. The number of hydrogen-bond donors (Lipinski definition) is 2. The number of hydrazine groups is 1. The van der Waals surface area contributed by atoms with Gasteiger partial charge in [0.25, 0.3) is 0 Å². The van der Waals surface area contributed by atoms with E-state index in [1.165, 1.54) is 5.56 Å². The zero-order valence-corrected chi connectivity index (χ0v) is 12.3. The van der Waals surface area contributed by atoms with Crippen molar-refractivity contribution in [3.05, 3.63) is 28.3 Å². The molecule has 4 nitrogen and oxygen atoms in total. The van der Waals surface area contributed by atoms with Crippen molar-refractivity contribution in [2.75, 3.05) is 19.8 Å². The molecule has 110 valence electrons. The fourth-order valence-corrected chi connectivity index (χ4v) is 3.44. The Bertz CT molecular complexity index is 475. The number of ether oxygens (including phenoxy) is 2. The average molecular weight is 297 g/mol. The minimum absolute atomic E-state index is 0.196. The Hall–Kier alpha value is -0.810. The molecule has 1 aromatic rings. The van der Waals surface area contributed by atoms with E-state index < -0.39 is 0 Å². The smallest absolute Gasteiger partial charge is 0.125 e. The van der Waals surface area contributed by atoms with Gasteiger partial charge < -0.3 is 9.47 Å². The summed E-state index contributed by atoms with van der Waals surface area (Å²) in [5.74, 6) is 7.21. The van der Waals surface area contributed by atoms with Gasteiger partial charge >= 0.3 is 0 Å². The van der Waals surface area contributed by atoms with Gasteiger partial charge in [-0.15, -0.1) is 0 Å². The Balaban J connectivity index is 1.78. The first-order valence-electron chi connectivity index (χ1n) is 7.26. The Morgan fingerprint density at radius 1 is 1.40 bits per heavy atom. The molecule has 3 rings (SSSR count). The molecule has 0 saturated carbocycles. The van der Waals surface area contributed by atoms with E-state index in [-0.39, 0.29) is 6.04 Å². The standard InChI is InChI=1S/C15H21ClN2O2/c16-13-6-10-3-5-20-15(10)12(7-13)8-14(18-17)11-2-1-4-19-9-11/h6-7,11,14,18H,1-5,8-9,17H2. The third-order valence-corrected chi connectivity index (χ3v) is 4.46. The average Bonchev–Trinajstić information content (AvgIpc) is 2.93. The summed E-state index contributed by atoms with van der Waals surface area (Å²) in [4.78, 5) is 0. The van der Waals surface area contributed by atoms with Gasteiger partial charge in [-0.2, -0.15) is 0 Å². The molecule has 20 heavy (non-hydrogen) atoms. The highest BCUT2D eigenvalue weighted by molar-refractivity contribution is 6.30. The molecule has 5 heteroatoms. The molecule has 0 radical (unpaired) electrons. The first-order valence-corrected chi connectivity index (χ1v) is 7.63. The molecule has 0 bridgehead atoms. The quantitative estimate of drug-likeness (QED) is 0.660. The van der Waals surface area contributed by atoms with Crippen LogP contribution >= 0.6 is 11.6 Å². The van der Waals surface area contributed by atoms with E-state index in [1.807, 2.05) is 12.1 Å². The van der Waals surface area contributed by atoms with Gasteiger partial charge in [0.15, 0.2) is 0 Å². The van der Waals surface area contributed by atoms with Gasteiger partial charge in [-0.1, -0.05) is 11.6 Å².